The highest BCUT2D eigenvalue weighted by molar-refractivity contribution is 7.98. The van der Waals surface area contributed by atoms with E-state index in [1.807, 2.05) is 66.9 Å². The van der Waals surface area contributed by atoms with Gasteiger partial charge < -0.3 is 0 Å². The summed E-state index contributed by atoms with van der Waals surface area (Å²) in [5.74, 6) is 0.211. The lowest BCUT2D eigenvalue weighted by molar-refractivity contribution is -0.127. The van der Waals surface area contributed by atoms with Gasteiger partial charge in [0.05, 0.1) is 0 Å². The van der Waals surface area contributed by atoms with Crippen LogP contribution < -0.4 is 4.90 Å². The van der Waals surface area contributed by atoms with Gasteiger partial charge in [0, 0.05) is 5.69 Å². The van der Waals surface area contributed by atoms with Crippen LogP contribution in [0.2, 0.25) is 0 Å². The molecule has 1 fully saturated rings. The first kappa shape index (κ1) is 15.8. The number of hydrogen-bond donors (Lipinski definition) is 0. The fourth-order valence-electron chi connectivity index (χ4n) is 3.05. The molecule has 0 N–H and O–H groups in total. The summed E-state index contributed by atoms with van der Waals surface area (Å²) in [6.07, 6.45) is 2.60. The normalized spacial score (nSPS) is 21.0. The third-order valence-corrected chi connectivity index (χ3v) is 4.81. The predicted octanol–water partition coefficient (Wildman–Crippen LogP) is 3.71. The predicted molar refractivity (Wildman–Crippen MR) is 94.6 cm³/mol. The first-order valence-corrected chi connectivity index (χ1v) is 9.09. The van der Waals surface area contributed by atoms with Crippen molar-refractivity contribution in [3.05, 3.63) is 66.2 Å². The molecule has 3 rings (SSSR count). The van der Waals surface area contributed by atoms with Gasteiger partial charge >= 0.3 is 0 Å². The van der Waals surface area contributed by atoms with E-state index in [0.717, 1.165) is 17.0 Å². The maximum absolute atomic E-state index is 12.9. The number of para-hydroxylation sites is 1. The zero-order valence-corrected chi connectivity index (χ0v) is 13.8. The van der Waals surface area contributed by atoms with Crippen molar-refractivity contribution in [2.45, 2.75) is 12.5 Å². The summed E-state index contributed by atoms with van der Waals surface area (Å²) in [7, 11) is 0. The van der Waals surface area contributed by atoms with Crippen LogP contribution in [0.5, 0.6) is 0 Å². The highest BCUT2D eigenvalue weighted by atomic mass is 32.2. The van der Waals surface area contributed by atoms with Crippen LogP contribution in [0.1, 0.15) is 18.0 Å². The molecule has 4 heteroatoms. The maximum atomic E-state index is 12.9. The van der Waals surface area contributed by atoms with E-state index in [1.54, 1.807) is 16.7 Å². The van der Waals surface area contributed by atoms with Crippen molar-refractivity contribution in [3.63, 3.8) is 0 Å². The second kappa shape index (κ2) is 7.01. The van der Waals surface area contributed by atoms with Crippen LogP contribution in [0.25, 0.3) is 0 Å². The van der Waals surface area contributed by atoms with Gasteiger partial charge in [-0.05, 0) is 36.1 Å². The minimum Gasteiger partial charge on any atom is -0.297 e. The number of benzene rings is 2. The maximum Gasteiger partial charge on any atom is 0.238 e. The average molecular weight is 325 g/mol. The highest BCUT2D eigenvalue weighted by Gasteiger charge is 2.47. The lowest BCUT2D eigenvalue weighted by Crippen LogP contribution is -2.29. The number of thioether (sulfide) groups is 1. The molecule has 0 spiro atoms. The van der Waals surface area contributed by atoms with Crippen molar-refractivity contribution in [1.29, 1.82) is 0 Å². The Morgan fingerprint density at radius 2 is 1.57 bits per heavy atom. The summed E-state index contributed by atoms with van der Waals surface area (Å²) in [4.78, 5) is 27.5. The molecule has 23 heavy (non-hydrogen) atoms. The molecule has 1 saturated heterocycles. The molecule has 1 aliphatic heterocycles. The molecule has 2 aromatic rings. The van der Waals surface area contributed by atoms with E-state index in [2.05, 4.69) is 0 Å². The summed E-state index contributed by atoms with van der Waals surface area (Å²) in [5.41, 5.74) is 1.66. The zero-order chi connectivity index (χ0) is 16.2. The summed E-state index contributed by atoms with van der Waals surface area (Å²) >= 11 is 1.66. The number of Topliss-reactive ketones (excluding diaryl/α,β-unsaturated/α-hetero) is 1. The van der Waals surface area contributed by atoms with Crippen molar-refractivity contribution in [2.24, 2.45) is 5.92 Å². The molecule has 0 unspecified atom stereocenters. The third kappa shape index (κ3) is 3.04. The minimum absolute atomic E-state index is 0.0131. The molecule has 1 amide bonds. The van der Waals surface area contributed by atoms with Crippen LogP contribution in [-0.2, 0) is 9.59 Å². The standard InChI is InChI=1S/C19H19NO2S/c1-23-13-12-16-18(21)17(14-8-4-2-5-9-14)20(19(16)22)15-10-6-3-7-11-15/h2-11,16-17H,12-13H2,1H3/t16-,17+/m0/s1. The Morgan fingerprint density at radius 3 is 2.17 bits per heavy atom. The van der Waals surface area contributed by atoms with Crippen LogP contribution in [0.3, 0.4) is 0 Å². The van der Waals surface area contributed by atoms with Crippen molar-refractivity contribution < 1.29 is 9.59 Å². The monoisotopic (exact) mass is 325 g/mol. The van der Waals surface area contributed by atoms with Crippen LogP contribution in [-0.4, -0.2) is 23.7 Å². The SMILES string of the molecule is CSCC[C@H]1C(=O)[C@@H](c2ccccc2)N(c2ccccc2)C1=O. The number of nitrogens with zero attached hydrogens (tertiary/aromatic N) is 1. The molecule has 0 radical (unpaired) electrons. The van der Waals surface area contributed by atoms with Crippen LogP contribution >= 0.6 is 11.8 Å². The van der Waals surface area contributed by atoms with Crippen molar-refractivity contribution in [1.82, 2.24) is 0 Å². The number of ketones is 1. The lowest BCUT2D eigenvalue weighted by Gasteiger charge is -2.24. The Morgan fingerprint density at radius 1 is 0.957 bits per heavy atom. The van der Waals surface area contributed by atoms with E-state index in [1.165, 1.54) is 0 Å². The number of amides is 1. The fraction of sp³-hybridized carbons (Fsp3) is 0.263. The van der Waals surface area contributed by atoms with Gasteiger partial charge in [-0.2, -0.15) is 11.8 Å². The van der Waals surface area contributed by atoms with Crippen LogP contribution in [0, 0.1) is 5.92 Å². The number of carbonyl (C=O) groups excluding carboxylic acids is 2. The Hall–Kier alpha value is -2.07. The molecule has 0 aromatic heterocycles. The van der Waals surface area contributed by atoms with Gasteiger partial charge in [-0.1, -0.05) is 48.5 Å². The van der Waals surface area contributed by atoms with Gasteiger partial charge in [0.15, 0.2) is 5.78 Å². The van der Waals surface area contributed by atoms with Gasteiger partial charge in [0.25, 0.3) is 0 Å². The van der Waals surface area contributed by atoms with Crippen molar-refractivity contribution >= 4 is 29.1 Å². The Labute approximate surface area is 140 Å². The fourth-order valence-corrected chi connectivity index (χ4v) is 3.52. The molecule has 118 valence electrons. The largest absolute Gasteiger partial charge is 0.297 e. The van der Waals surface area contributed by atoms with E-state index in [9.17, 15) is 9.59 Å². The number of hydrogen-bond acceptors (Lipinski definition) is 3. The van der Waals surface area contributed by atoms with E-state index < -0.39 is 12.0 Å². The quantitative estimate of drug-likeness (QED) is 0.786. The van der Waals surface area contributed by atoms with Crippen LogP contribution in [0.4, 0.5) is 5.69 Å². The Kier molecular flexibility index (Phi) is 4.82. The smallest absolute Gasteiger partial charge is 0.238 e. The Balaban J connectivity index is 2.02. The lowest BCUT2D eigenvalue weighted by atomic mass is 9.96. The average Bonchev–Trinajstić information content (AvgIpc) is 2.85. The summed E-state index contributed by atoms with van der Waals surface area (Å²) in [5, 5.41) is 0. The van der Waals surface area contributed by atoms with E-state index in [4.69, 9.17) is 0 Å². The molecule has 1 heterocycles. The molecule has 2 atom stereocenters. The van der Waals surface area contributed by atoms with Gasteiger partial charge in [0.2, 0.25) is 5.91 Å². The van der Waals surface area contributed by atoms with E-state index in [0.29, 0.717) is 6.42 Å². The van der Waals surface area contributed by atoms with Gasteiger partial charge in [0.1, 0.15) is 12.0 Å². The molecule has 0 bridgehead atoms. The summed E-state index contributed by atoms with van der Waals surface area (Å²) < 4.78 is 0. The third-order valence-electron chi connectivity index (χ3n) is 4.17. The molecule has 0 saturated carbocycles. The molecule has 2 aromatic carbocycles. The number of anilines is 1. The van der Waals surface area contributed by atoms with Crippen LogP contribution in [0.15, 0.2) is 60.7 Å². The molecular weight excluding hydrogens is 306 g/mol. The van der Waals surface area contributed by atoms with E-state index >= 15 is 0 Å². The van der Waals surface area contributed by atoms with Crippen molar-refractivity contribution in [3.8, 4) is 0 Å². The summed E-state index contributed by atoms with van der Waals surface area (Å²) in [6.45, 7) is 0. The van der Waals surface area contributed by atoms with Gasteiger partial charge in [-0.15, -0.1) is 0 Å². The second-order valence-electron chi connectivity index (χ2n) is 5.59. The molecule has 3 nitrogen and oxygen atoms in total. The summed E-state index contributed by atoms with van der Waals surface area (Å²) in [6, 6.07) is 18.5. The molecule has 0 aliphatic carbocycles. The van der Waals surface area contributed by atoms with Gasteiger partial charge in [-0.3, -0.25) is 14.5 Å². The first-order chi connectivity index (χ1) is 11.2. The van der Waals surface area contributed by atoms with Gasteiger partial charge in [-0.25, -0.2) is 0 Å². The number of rotatable bonds is 5. The molecular formula is C19H19NO2S. The first-order valence-electron chi connectivity index (χ1n) is 7.69. The number of carbonyl (C=O) groups is 2. The van der Waals surface area contributed by atoms with Crippen molar-refractivity contribution in [2.75, 3.05) is 16.9 Å². The second-order valence-corrected chi connectivity index (χ2v) is 6.58. The zero-order valence-electron chi connectivity index (χ0n) is 13.0. The Bertz CT molecular complexity index is 630. The topological polar surface area (TPSA) is 37.4 Å². The highest BCUT2D eigenvalue weighted by Crippen LogP contribution is 2.38. The molecule has 1 aliphatic rings. The van der Waals surface area contributed by atoms with E-state index in [-0.39, 0.29) is 11.7 Å². The minimum atomic E-state index is -0.534.